The highest BCUT2D eigenvalue weighted by molar-refractivity contribution is 6.28. The number of imidazole rings is 1. The Kier molecular flexibility index (Phi) is 2.59. The van der Waals surface area contributed by atoms with Gasteiger partial charge >= 0.3 is 0 Å². The number of hydrogen-bond donors (Lipinski definition) is 3. The first-order chi connectivity index (χ1) is 8.56. The van der Waals surface area contributed by atoms with Crippen molar-refractivity contribution in [2.24, 2.45) is 5.73 Å². The second-order valence-corrected chi connectivity index (χ2v) is 4.40. The molecular weight excluding hydrogens is 260 g/mol. The number of nitrogens with two attached hydrogens (primary N) is 2. The average molecular weight is 271 g/mol. The third-order valence-electron chi connectivity index (χ3n) is 2.87. The number of aliphatic hydroxyl groups excluding tert-OH is 1. The van der Waals surface area contributed by atoms with Gasteiger partial charge in [-0.2, -0.15) is 9.97 Å². The number of ether oxygens (including phenoxy) is 1. The van der Waals surface area contributed by atoms with Gasteiger partial charge in [0.1, 0.15) is 18.0 Å². The van der Waals surface area contributed by atoms with Crippen LogP contribution in [0.4, 0.5) is 5.82 Å². The molecule has 0 saturated carbocycles. The Hall–Kier alpha value is -1.48. The van der Waals surface area contributed by atoms with Gasteiger partial charge in [0.05, 0.1) is 12.4 Å². The van der Waals surface area contributed by atoms with Crippen molar-refractivity contribution in [1.29, 1.82) is 0 Å². The van der Waals surface area contributed by atoms with Crippen LogP contribution in [0.2, 0.25) is 5.28 Å². The third kappa shape index (κ3) is 1.70. The van der Waals surface area contributed by atoms with E-state index in [2.05, 4.69) is 15.0 Å². The Bertz CT molecular complexity index is 592. The first kappa shape index (κ1) is 11.6. The van der Waals surface area contributed by atoms with E-state index < -0.39 is 18.6 Å². The summed E-state index contributed by atoms with van der Waals surface area (Å²) in [4.78, 5) is 12.0. The second kappa shape index (κ2) is 4.02. The van der Waals surface area contributed by atoms with Crippen molar-refractivity contribution in [2.45, 2.75) is 25.0 Å². The van der Waals surface area contributed by atoms with Gasteiger partial charge in [0.2, 0.25) is 5.28 Å². The Balaban J connectivity index is 2.08. The van der Waals surface area contributed by atoms with Gasteiger partial charge in [0.15, 0.2) is 11.5 Å². The largest absolute Gasteiger partial charge is 0.389 e. The number of aliphatic hydroxyl groups is 1. The molecule has 1 aliphatic heterocycles. The molecule has 8 nitrogen and oxygen atoms in total. The summed E-state index contributed by atoms with van der Waals surface area (Å²) in [5.74, 6) is 0.201. The number of anilines is 1. The fraction of sp³-hybridized carbons (Fsp3) is 0.444. The molecule has 0 radical (unpaired) electrons. The summed E-state index contributed by atoms with van der Waals surface area (Å²) in [6.07, 6.45) is -0.00937. The van der Waals surface area contributed by atoms with E-state index in [0.29, 0.717) is 17.6 Å². The monoisotopic (exact) mass is 270 g/mol. The maximum Gasteiger partial charge on any atom is 0.226 e. The van der Waals surface area contributed by atoms with Crippen LogP contribution < -0.4 is 11.5 Å². The minimum absolute atomic E-state index is 0.0320. The molecule has 18 heavy (non-hydrogen) atoms. The minimum Gasteiger partial charge on any atom is -0.389 e. The van der Waals surface area contributed by atoms with Crippen LogP contribution in [0.1, 0.15) is 12.6 Å². The fourth-order valence-corrected chi connectivity index (χ4v) is 2.14. The summed E-state index contributed by atoms with van der Waals surface area (Å²) in [5.41, 5.74) is 12.2. The maximum absolute atomic E-state index is 9.58. The quantitative estimate of drug-likeness (QED) is 0.604. The van der Waals surface area contributed by atoms with Crippen molar-refractivity contribution >= 4 is 28.6 Å². The molecule has 1 aliphatic rings. The Morgan fingerprint density at radius 3 is 2.94 bits per heavy atom. The smallest absolute Gasteiger partial charge is 0.226 e. The van der Waals surface area contributed by atoms with Gasteiger partial charge in [-0.05, 0) is 11.6 Å². The molecule has 1 saturated heterocycles. The summed E-state index contributed by atoms with van der Waals surface area (Å²) in [6.45, 7) is 0. The molecule has 9 heteroatoms. The third-order valence-corrected chi connectivity index (χ3v) is 3.04. The van der Waals surface area contributed by atoms with Crippen LogP contribution in [-0.4, -0.2) is 37.0 Å². The van der Waals surface area contributed by atoms with Crippen molar-refractivity contribution in [3.05, 3.63) is 11.6 Å². The van der Waals surface area contributed by atoms with Gasteiger partial charge in [-0.1, -0.05) is 0 Å². The van der Waals surface area contributed by atoms with Crippen LogP contribution in [-0.2, 0) is 4.74 Å². The van der Waals surface area contributed by atoms with Crippen LogP contribution in [0.25, 0.3) is 11.2 Å². The fourth-order valence-electron chi connectivity index (χ4n) is 1.97. The van der Waals surface area contributed by atoms with Crippen molar-refractivity contribution in [1.82, 2.24) is 19.5 Å². The zero-order valence-corrected chi connectivity index (χ0v) is 9.95. The number of fused-ring (bicyclic) bond motifs is 1. The predicted molar refractivity (Wildman–Crippen MR) is 63.5 cm³/mol. The van der Waals surface area contributed by atoms with Crippen molar-refractivity contribution in [3.8, 4) is 0 Å². The van der Waals surface area contributed by atoms with E-state index in [1.165, 1.54) is 6.33 Å². The number of nitrogens with zero attached hydrogens (tertiary/aromatic N) is 4. The Labute approximate surface area is 107 Å². The summed E-state index contributed by atoms with van der Waals surface area (Å²) in [5, 5.41) is 9.61. The van der Waals surface area contributed by atoms with Crippen LogP contribution in [0.3, 0.4) is 0 Å². The molecule has 0 amide bonds. The van der Waals surface area contributed by atoms with Gasteiger partial charge < -0.3 is 21.3 Å². The first-order valence-corrected chi connectivity index (χ1v) is 5.68. The molecule has 1 fully saturated rings. The minimum atomic E-state index is -0.720. The lowest BCUT2D eigenvalue weighted by molar-refractivity contribution is -0.0130. The van der Waals surface area contributed by atoms with E-state index in [1.807, 2.05) is 0 Å². The molecule has 3 heterocycles. The summed E-state index contributed by atoms with van der Waals surface area (Å²) in [6, 6.07) is 0. The SMILES string of the molecule is Nc1nc(Cl)nc2c1ncn2[C@H]1CC(O)[C@@H](N)O1. The van der Waals surface area contributed by atoms with Crippen LogP contribution in [0.15, 0.2) is 6.33 Å². The number of halogens is 1. The van der Waals surface area contributed by atoms with Crippen LogP contribution in [0.5, 0.6) is 0 Å². The standard InChI is InChI=1S/C9H11ClN6O2/c10-9-14-6(11)5-8(15-9)16(2-13-5)4-1-3(17)7(12)18-4/h2-4,7,17H,1,12H2,(H2,11,14,15)/t3?,4-,7+/m1/s1. The Morgan fingerprint density at radius 2 is 2.28 bits per heavy atom. The topological polar surface area (TPSA) is 125 Å². The second-order valence-electron chi connectivity index (χ2n) is 4.06. The molecule has 1 unspecified atom stereocenters. The lowest BCUT2D eigenvalue weighted by atomic mass is 10.2. The highest BCUT2D eigenvalue weighted by Gasteiger charge is 2.33. The molecule has 0 aliphatic carbocycles. The lowest BCUT2D eigenvalue weighted by Gasteiger charge is -2.12. The normalized spacial score (nSPS) is 28.1. The predicted octanol–water partition coefficient (Wildman–Crippen LogP) is -0.374. The number of aromatic nitrogens is 4. The number of rotatable bonds is 1. The Morgan fingerprint density at radius 1 is 1.50 bits per heavy atom. The van der Waals surface area contributed by atoms with Gasteiger partial charge in [-0.3, -0.25) is 4.57 Å². The van der Waals surface area contributed by atoms with Gasteiger partial charge in [-0.25, -0.2) is 4.98 Å². The molecular formula is C9H11ClN6O2. The zero-order chi connectivity index (χ0) is 12.9. The highest BCUT2D eigenvalue weighted by atomic mass is 35.5. The van der Waals surface area contributed by atoms with Crippen molar-refractivity contribution in [2.75, 3.05) is 5.73 Å². The van der Waals surface area contributed by atoms with E-state index in [9.17, 15) is 5.11 Å². The van der Waals surface area contributed by atoms with Crippen molar-refractivity contribution in [3.63, 3.8) is 0 Å². The van der Waals surface area contributed by atoms with Crippen LogP contribution in [0, 0.1) is 0 Å². The molecule has 2 aromatic rings. The van der Waals surface area contributed by atoms with E-state index in [0.717, 1.165) is 0 Å². The van der Waals surface area contributed by atoms with E-state index in [1.54, 1.807) is 4.57 Å². The molecule has 0 spiro atoms. The average Bonchev–Trinajstić information content (AvgIpc) is 2.83. The molecule has 96 valence electrons. The number of nitrogen functional groups attached to an aromatic ring is 1. The lowest BCUT2D eigenvalue weighted by Crippen LogP contribution is -2.30. The van der Waals surface area contributed by atoms with Gasteiger partial charge in [-0.15, -0.1) is 0 Å². The van der Waals surface area contributed by atoms with Gasteiger partial charge in [0.25, 0.3) is 0 Å². The molecule has 5 N–H and O–H groups in total. The summed E-state index contributed by atoms with van der Waals surface area (Å²) < 4.78 is 7.05. The van der Waals surface area contributed by atoms with E-state index in [-0.39, 0.29) is 11.1 Å². The summed E-state index contributed by atoms with van der Waals surface area (Å²) >= 11 is 5.76. The molecule has 2 aromatic heterocycles. The van der Waals surface area contributed by atoms with Crippen LogP contribution >= 0.6 is 11.6 Å². The van der Waals surface area contributed by atoms with E-state index >= 15 is 0 Å². The highest BCUT2D eigenvalue weighted by Crippen LogP contribution is 2.30. The molecule has 0 aromatic carbocycles. The van der Waals surface area contributed by atoms with Gasteiger partial charge in [0, 0.05) is 6.42 Å². The maximum atomic E-state index is 9.58. The molecule has 3 atom stereocenters. The number of hydrogen-bond acceptors (Lipinski definition) is 7. The zero-order valence-electron chi connectivity index (χ0n) is 9.19. The van der Waals surface area contributed by atoms with E-state index in [4.69, 9.17) is 27.8 Å². The molecule has 0 bridgehead atoms. The first-order valence-electron chi connectivity index (χ1n) is 5.31. The summed E-state index contributed by atoms with van der Waals surface area (Å²) in [7, 11) is 0. The molecule has 3 rings (SSSR count). The van der Waals surface area contributed by atoms with Crippen molar-refractivity contribution < 1.29 is 9.84 Å².